The molecule has 116 valence electrons. The van der Waals surface area contributed by atoms with Crippen molar-refractivity contribution < 1.29 is 9.18 Å². The Morgan fingerprint density at radius 3 is 2.82 bits per heavy atom. The fourth-order valence-electron chi connectivity index (χ4n) is 1.76. The number of hydrogen-bond acceptors (Lipinski definition) is 5. The number of hydrogen-bond donors (Lipinski definition) is 3. The average molecular weight is 324 g/mol. The first kappa shape index (κ1) is 16.0. The van der Waals surface area contributed by atoms with Crippen molar-refractivity contribution in [2.24, 2.45) is 0 Å². The van der Waals surface area contributed by atoms with Crippen molar-refractivity contribution >= 4 is 29.3 Å². The van der Waals surface area contributed by atoms with Crippen LogP contribution in [0, 0.1) is 5.82 Å². The lowest BCUT2D eigenvalue weighted by Gasteiger charge is -2.08. The topological polar surface area (TPSA) is 92.9 Å². The first-order chi connectivity index (χ1) is 10.5. The van der Waals surface area contributed by atoms with Crippen LogP contribution in [0.1, 0.15) is 16.8 Å². The summed E-state index contributed by atoms with van der Waals surface area (Å²) in [6, 6.07) is 7.10. The SMILES string of the molecule is Nc1nc(Cl)cc(NCCCNC(=O)c2cccc(F)c2)n1. The Balaban J connectivity index is 1.72. The number of carbonyl (C=O) groups is 1. The van der Waals surface area contributed by atoms with Crippen LogP contribution >= 0.6 is 11.6 Å². The number of nitrogen functional groups attached to an aromatic ring is 1. The summed E-state index contributed by atoms with van der Waals surface area (Å²) in [5.74, 6) is -0.135. The van der Waals surface area contributed by atoms with Gasteiger partial charge in [-0.15, -0.1) is 0 Å². The highest BCUT2D eigenvalue weighted by molar-refractivity contribution is 6.29. The zero-order chi connectivity index (χ0) is 15.9. The van der Waals surface area contributed by atoms with Gasteiger partial charge in [-0.05, 0) is 24.6 Å². The van der Waals surface area contributed by atoms with Crippen molar-refractivity contribution in [3.8, 4) is 0 Å². The molecule has 1 aromatic heterocycles. The van der Waals surface area contributed by atoms with Gasteiger partial charge in [0, 0.05) is 24.7 Å². The molecule has 2 aromatic rings. The standard InChI is InChI=1S/C14H15ClFN5O/c15-11-8-12(21-14(17)20-11)18-5-2-6-19-13(22)9-3-1-4-10(16)7-9/h1,3-4,7-8H,2,5-6H2,(H,19,22)(H3,17,18,20,21). The smallest absolute Gasteiger partial charge is 0.251 e. The molecular formula is C14H15ClFN5O. The summed E-state index contributed by atoms with van der Waals surface area (Å²) >= 11 is 5.75. The Morgan fingerprint density at radius 2 is 2.09 bits per heavy atom. The van der Waals surface area contributed by atoms with Crippen LogP contribution in [-0.2, 0) is 0 Å². The van der Waals surface area contributed by atoms with Gasteiger partial charge in [0.15, 0.2) is 0 Å². The first-order valence-electron chi connectivity index (χ1n) is 6.62. The minimum atomic E-state index is -0.437. The molecule has 0 aliphatic rings. The van der Waals surface area contributed by atoms with Gasteiger partial charge in [0.1, 0.15) is 16.8 Å². The summed E-state index contributed by atoms with van der Waals surface area (Å²) in [5, 5.41) is 5.99. The van der Waals surface area contributed by atoms with Gasteiger partial charge >= 0.3 is 0 Å². The van der Waals surface area contributed by atoms with Gasteiger partial charge in [0.05, 0.1) is 0 Å². The molecule has 0 saturated carbocycles. The largest absolute Gasteiger partial charge is 0.370 e. The molecule has 0 spiro atoms. The molecule has 1 amide bonds. The van der Waals surface area contributed by atoms with Crippen LogP contribution < -0.4 is 16.4 Å². The molecule has 1 aromatic carbocycles. The van der Waals surface area contributed by atoms with Crippen LogP contribution in [0.3, 0.4) is 0 Å². The fourth-order valence-corrected chi connectivity index (χ4v) is 1.95. The maximum Gasteiger partial charge on any atom is 0.251 e. The van der Waals surface area contributed by atoms with Gasteiger partial charge in [0.2, 0.25) is 5.95 Å². The highest BCUT2D eigenvalue weighted by Crippen LogP contribution is 2.12. The summed E-state index contributed by atoms with van der Waals surface area (Å²) in [6.07, 6.45) is 0.655. The van der Waals surface area contributed by atoms with E-state index in [0.717, 1.165) is 0 Å². The normalized spacial score (nSPS) is 10.3. The minimum absolute atomic E-state index is 0.0920. The van der Waals surface area contributed by atoms with Gasteiger partial charge in [-0.2, -0.15) is 4.98 Å². The van der Waals surface area contributed by atoms with Crippen LogP contribution in [0.4, 0.5) is 16.2 Å². The third-order valence-electron chi connectivity index (χ3n) is 2.74. The van der Waals surface area contributed by atoms with Crippen molar-refractivity contribution in [1.82, 2.24) is 15.3 Å². The summed E-state index contributed by atoms with van der Waals surface area (Å²) in [7, 11) is 0. The van der Waals surface area contributed by atoms with E-state index in [2.05, 4.69) is 20.6 Å². The Labute approximate surface area is 131 Å². The van der Waals surface area contributed by atoms with E-state index in [4.69, 9.17) is 17.3 Å². The Kier molecular flexibility index (Phi) is 5.48. The Hall–Kier alpha value is -2.41. The van der Waals surface area contributed by atoms with E-state index < -0.39 is 5.82 Å². The Morgan fingerprint density at radius 1 is 1.27 bits per heavy atom. The highest BCUT2D eigenvalue weighted by Gasteiger charge is 2.05. The average Bonchev–Trinajstić information content (AvgIpc) is 2.45. The molecule has 0 aliphatic heterocycles. The quantitative estimate of drug-likeness (QED) is 0.559. The van der Waals surface area contributed by atoms with Crippen LogP contribution in [-0.4, -0.2) is 29.0 Å². The van der Waals surface area contributed by atoms with Crippen LogP contribution in [0.25, 0.3) is 0 Å². The number of carbonyl (C=O) groups excluding carboxylic acids is 1. The molecule has 4 N–H and O–H groups in total. The van der Waals surface area contributed by atoms with Crippen LogP contribution in [0.15, 0.2) is 30.3 Å². The van der Waals surface area contributed by atoms with Crippen molar-refractivity contribution in [3.05, 3.63) is 46.9 Å². The predicted molar refractivity (Wildman–Crippen MR) is 83.3 cm³/mol. The number of benzene rings is 1. The van der Waals surface area contributed by atoms with Crippen molar-refractivity contribution in [3.63, 3.8) is 0 Å². The molecule has 0 aliphatic carbocycles. The second-order valence-electron chi connectivity index (χ2n) is 4.48. The molecule has 0 saturated heterocycles. The van der Waals surface area contributed by atoms with Gasteiger partial charge in [-0.25, -0.2) is 9.37 Å². The summed E-state index contributed by atoms with van der Waals surface area (Å²) in [5.41, 5.74) is 5.77. The summed E-state index contributed by atoms with van der Waals surface area (Å²) in [4.78, 5) is 19.5. The van der Waals surface area contributed by atoms with Crippen molar-refractivity contribution in [2.45, 2.75) is 6.42 Å². The van der Waals surface area contributed by atoms with Crippen molar-refractivity contribution in [1.29, 1.82) is 0 Å². The van der Waals surface area contributed by atoms with E-state index in [1.807, 2.05) is 0 Å². The molecule has 0 fully saturated rings. The van der Waals surface area contributed by atoms with Crippen LogP contribution in [0.2, 0.25) is 5.15 Å². The third kappa shape index (κ3) is 4.85. The number of nitrogens with one attached hydrogen (secondary N) is 2. The van der Waals surface area contributed by atoms with E-state index in [1.54, 1.807) is 12.1 Å². The Bertz CT molecular complexity index is 647. The van der Waals surface area contributed by atoms with Crippen molar-refractivity contribution in [2.75, 3.05) is 24.1 Å². The molecule has 0 radical (unpaired) electrons. The molecule has 2 rings (SSSR count). The lowest BCUT2D eigenvalue weighted by Crippen LogP contribution is -2.26. The number of nitrogens with two attached hydrogens (primary N) is 1. The molecule has 6 nitrogen and oxygen atoms in total. The number of rotatable bonds is 6. The third-order valence-corrected chi connectivity index (χ3v) is 2.94. The second-order valence-corrected chi connectivity index (χ2v) is 4.87. The minimum Gasteiger partial charge on any atom is -0.370 e. The maximum absolute atomic E-state index is 13.0. The zero-order valence-corrected chi connectivity index (χ0v) is 12.4. The monoisotopic (exact) mass is 323 g/mol. The van der Waals surface area contributed by atoms with Gasteiger partial charge in [0.25, 0.3) is 5.91 Å². The lowest BCUT2D eigenvalue weighted by molar-refractivity contribution is 0.0953. The fraction of sp³-hybridized carbons (Fsp3) is 0.214. The zero-order valence-electron chi connectivity index (χ0n) is 11.6. The molecular weight excluding hydrogens is 309 g/mol. The molecule has 22 heavy (non-hydrogen) atoms. The van der Waals surface area contributed by atoms with E-state index in [9.17, 15) is 9.18 Å². The van der Waals surface area contributed by atoms with E-state index in [0.29, 0.717) is 30.9 Å². The molecule has 0 bridgehead atoms. The first-order valence-corrected chi connectivity index (χ1v) is 7.00. The summed E-state index contributed by atoms with van der Waals surface area (Å²) < 4.78 is 13.0. The number of halogens is 2. The van der Waals surface area contributed by atoms with E-state index in [1.165, 1.54) is 18.2 Å². The number of nitrogens with zero attached hydrogens (tertiary/aromatic N) is 2. The summed E-state index contributed by atoms with van der Waals surface area (Å²) in [6.45, 7) is 1.01. The maximum atomic E-state index is 13.0. The predicted octanol–water partition coefficient (Wildman–Crippen LogP) is 2.08. The number of amides is 1. The van der Waals surface area contributed by atoms with E-state index >= 15 is 0 Å². The number of aromatic nitrogens is 2. The molecule has 1 heterocycles. The molecule has 0 atom stereocenters. The molecule has 0 unspecified atom stereocenters. The lowest BCUT2D eigenvalue weighted by atomic mass is 10.2. The van der Waals surface area contributed by atoms with Gasteiger partial charge in [-0.1, -0.05) is 17.7 Å². The van der Waals surface area contributed by atoms with Gasteiger partial charge < -0.3 is 16.4 Å². The van der Waals surface area contributed by atoms with Gasteiger partial charge in [-0.3, -0.25) is 4.79 Å². The van der Waals surface area contributed by atoms with E-state index in [-0.39, 0.29) is 17.0 Å². The molecule has 8 heteroatoms. The second kappa shape index (κ2) is 7.56. The highest BCUT2D eigenvalue weighted by atomic mass is 35.5. The number of anilines is 2. The van der Waals surface area contributed by atoms with Crippen LogP contribution in [0.5, 0.6) is 0 Å².